The SMILES string of the molecule is CCCCc1nc(CO[Si](C)(C)C(C)(C)C)c(C=C(Cc2cccs2)C(=O)OCC)n1Cc1ccccc1Cl. The van der Waals surface area contributed by atoms with E-state index in [1.807, 2.05) is 54.8 Å². The zero-order valence-electron chi connectivity index (χ0n) is 24.5. The van der Waals surface area contributed by atoms with Crippen LogP contribution in [0.3, 0.4) is 0 Å². The maximum atomic E-state index is 13.2. The second kappa shape index (κ2) is 13.9. The Labute approximate surface area is 244 Å². The van der Waals surface area contributed by atoms with Crippen LogP contribution in [0.1, 0.15) is 75.1 Å². The molecule has 0 aliphatic rings. The van der Waals surface area contributed by atoms with E-state index in [1.54, 1.807) is 11.3 Å². The van der Waals surface area contributed by atoms with Crippen LogP contribution in [-0.4, -0.2) is 30.4 Å². The number of hydrogen-bond acceptors (Lipinski definition) is 5. The van der Waals surface area contributed by atoms with Crippen molar-refractivity contribution in [2.45, 2.75) is 91.6 Å². The number of hydrogen-bond donors (Lipinski definition) is 0. The minimum atomic E-state index is -2.03. The fourth-order valence-corrected chi connectivity index (χ4v) is 5.83. The third-order valence-electron chi connectivity index (χ3n) is 7.37. The van der Waals surface area contributed by atoms with Crippen LogP contribution in [0.2, 0.25) is 23.2 Å². The van der Waals surface area contributed by atoms with E-state index < -0.39 is 8.32 Å². The number of imidazole rings is 1. The first kappa shape index (κ1) is 31.3. The summed E-state index contributed by atoms with van der Waals surface area (Å²) in [5, 5.41) is 2.82. The van der Waals surface area contributed by atoms with Crippen molar-refractivity contribution in [2.75, 3.05) is 6.61 Å². The second-order valence-electron chi connectivity index (χ2n) is 11.3. The van der Waals surface area contributed by atoms with Gasteiger partial charge in [0.2, 0.25) is 0 Å². The van der Waals surface area contributed by atoms with Crippen molar-refractivity contribution >= 4 is 43.3 Å². The molecule has 0 amide bonds. The van der Waals surface area contributed by atoms with Crippen molar-refractivity contribution in [3.63, 3.8) is 0 Å². The lowest BCUT2D eigenvalue weighted by atomic mass is 10.1. The van der Waals surface area contributed by atoms with Gasteiger partial charge in [-0.2, -0.15) is 0 Å². The van der Waals surface area contributed by atoms with E-state index in [0.29, 0.717) is 36.8 Å². The zero-order valence-corrected chi connectivity index (χ0v) is 27.0. The topological polar surface area (TPSA) is 53.4 Å². The van der Waals surface area contributed by atoms with Gasteiger partial charge in [0.05, 0.1) is 31.1 Å². The van der Waals surface area contributed by atoms with Gasteiger partial charge < -0.3 is 13.7 Å². The monoisotopic (exact) mass is 586 g/mol. The molecule has 0 radical (unpaired) electrons. The number of aryl methyl sites for hydroxylation is 1. The standard InChI is InChI=1S/C31H43ClN2O3SSi/c1-8-10-17-29-33-27(22-37-39(6,7)31(3,4)5)28(34(29)21-23-14-11-12-16-26(23)32)20-24(30(35)36-9-2)19-25-15-13-18-38-25/h11-16,18,20H,8-10,17,19,21-22H2,1-7H3. The molecule has 212 valence electrons. The second-order valence-corrected chi connectivity index (χ2v) is 17.6. The minimum absolute atomic E-state index is 0.0729. The van der Waals surface area contributed by atoms with Crippen molar-refractivity contribution < 1.29 is 14.0 Å². The van der Waals surface area contributed by atoms with E-state index in [0.717, 1.165) is 46.9 Å². The van der Waals surface area contributed by atoms with Crippen LogP contribution >= 0.6 is 22.9 Å². The van der Waals surface area contributed by atoms with Crippen LogP contribution in [0.15, 0.2) is 47.4 Å². The number of carbonyl (C=O) groups is 1. The highest BCUT2D eigenvalue weighted by Crippen LogP contribution is 2.37. The first-order valence-corrected chi connectivity index (χ1v) is 18.0. The molecule has 5 nitrogen and oxygen atoms in total. The molecule has 0 unspecified atom stereocenters. The molecule has 0 N–H and O–H groups in total. The number of halogens is 1. The van der Waals surface area contributed by atoms with Gasteiger partial charge >= 0.3 is 5.97 Å². The highest BCUT2D eigenvalue weighted by Gasteiger charge is 2.37. The number of rotatable bonds is 13. The highest BCUT2D eigenvalue weighted by atomic mass is 35.5. The molecule has 2 heterocycles. The van der Waals surface area contributed by atoms with Crippen molar-refractivity contribution in [3.05, 3.63) is 80.0 Å². The van der Waals surface area contributed by atoms with Gasteiger partial charge in [-0.25, -0.2) is 9.78 Å². The normalized spacial score (nSPS) is 12.7. The van der Waals surface area contributed by atoms with Gasteiger partial charge in [0.1, 0.15) is 5.82 Å². The van der Waals surface area contributed by atoms with Gasteiger partial charge in [-0.3, -0.25) is 0 Å². The van der Waals surface area contributed by atoms with Gasteiger partial charge in [-0.15, -0.1) is 11.3 Å². The Morgan fingerprint density at radius 1 is 1.15 bits per heavy atom. The van der Waals surface area contributed by atoms with Gasteiger partial charge in [0.15, 0.2) is 8.32 Å². The van der Waals surface area contributed by atoms with Crippen LogP contribution in [0.5, 0.6) is 0 Å². The molecule has 0 atom stereocenters. The molecular formula is C31H43ClN2O3SSi. The molecule has 0 fully saturated rings. The molecule has 8 heteroatoms. The van der Waals surface area contributed by atoms with Crippen LogP contribution in [0, 0.1) is 0 Å². The first-order chi connectivity index (χ1) is 18.5. The highest BCUT2D eigenvalue weighted by molar-refractivity contribution is 7.09. The molecular weight excluding hydrogens is 544 g/mol. The van der Waals surface area contributed by atoms with Crippen LogP contribution < -0.4 is 0 Å². The van der Waals surface area contributed by atoms with Crippen LogP contribution in [0.25, 0.3) is 6.08 Å². The molecule has 3 rings (SSSR count). The Bertz CT molecular complexity index is 1260. The van der Waals surface area contributed by atoms with Crippen molar-refractivity contribution in [3.8, 4) is 0 Å². The Morgan fingerprint density at radius 3 is 2.51 bits per heavy atom. The van der Waals surface area contributed by atoms with Gasteiger partial charge in [-0.05, 0) is 60.6 Å². The summed E-state index contributed by atoms with van der Waals surface area (Å²) in [7, 11) is -2.03. The predicted molar refractivity (Wildman–Crippen MR) is 166 cm³/mol. The molecule has 39 heavy (non-hydrogen) atoms. The maximum Gasteiger partial charge on any atom is 0.334 e. The summed E-state index contributed by atoms with van der Waals surface area (Å²) >= 11 is 8.25. The predicted octanol–water partition coefficient (Wildman–Crippen LogP) is 8.70. The Kier molecular flexibility index (Phi) is 11.2. The molecule has 0 bridgehead atoms. The van der Waals surface area contributed by atoms with E-state index in [-0.39, 0.29) is 11.0 Å². The molecule has 0 aliphatic carbocycles. The summed E-state index contributed by atoms with van der Waals surface area (Å²) in [6.07, 6.45) is 5.39. The number of thiophene rings is 1. The lowest BCUT2D eigenvalue weighted by molar-refractivity contribution is -0.138. The lowest BCUT2D eigenvalue weighted by Gasteiger charge is -2.36. The molecule has 3 aromatic rings. The molecule has 0 saturated heterocycles. The van der Waals surface area contributed by atoms with Crippen molar-refractivity contribution in [1.29, 1.82) is 0 Å². The van der Waals surface area contributed by atoms with Gasteiger partial charge in [-0.1, -0.05) is 70.0 Å². The first-order valence-electron chi connectivity index (χ1n) is 13.8. The Hall–Kier alpha value is -2.19. The molecule has 0 aliphatic heterocycles. The molecule has 1 aromatic carbocycles. The fraction of sp³-hybridized carbons (Fsp3) is 0.484. The summed E-state index contributed by atoms with van der Waals surface area (Å²) < 4.78 is 14.4. The number of nitrogens with zero attached hydrogens (tertiary/aromatic N) is 2. The summed E-state index contributed by atoms with van der Waals surface area (Å²) in [6, 6.07) is 12.0. The number of unbranched alkanes of at least 4 members (excludes halogenated alkanes) is 1. The summed E-state index contributed by atoms with van der Waals surface area (Å²) in [4.78, 5) is 19.4. The van der Waals surface area contributed by atoms with Crippen LogP contribution in [0.4, 0.5) is 0 Å². The third kappa shape index (κ3) is 8.40. The Balaban J connectivity index is 2.18. The fourth-order valence-electron chi connectivity index (χ4n) is 3.97. The lowest BCUT2D eigenvalue weighted by Crippen LogP contribution is -2.40. The average molecular weight is 587 g/mol. The zero-order chi connectivity index (χ0) is 28.6. The number of ether oxygens (including phenoxy) is 1. The largest absolute Gasteiger partial charge is 0.463 e. The number of carbonyl (C=O) groups excluding carboxylic acids is 1. The summed E-state index contributed by atoms with van der Waals surface area (Å²) in [6.45, 7) is 16.5. The smallest absolute Gasteiger partial charge is 0.334 e. The van der Waals surface area contributed by atoms with Crippen LogP contribution in [-0.2, 0) is 40.0 Å². The van der Waals surface area contributed by atoms with Gasteiger partial charge in [0, 0.05) is 28.3 Å². The third-order valence-corrected chi connectivity index (χ3v) is 13.1. The minimum Gasteiger partial charge on any atom is -0.463 e. The number of esters is 1. The van der Waals surface area contributed by atoms with E-state index in [9.17, 15) is 4.79 Å². The van der Waals surface area contributed by atoms with E-state index in [1.165, 1.54) is 0 Å². The van der Waals surface area contributed by atoms with Crippen molar-refractivity contribution in [2.24, 2.45) is 0 Å². The number of aromatic nitrogens is 2. The summed E-state index contributed by atoms with van der Waals surface area (Å²) in [5.74, 6) is 0.680. The number of benzene rings is 1. The Morgan fingerprint density at radius 2 is 1.90 bits per heavy atom. The molecule has 0 saturated carbocycles. The molecule has 0 spiro atoms. The maximum absolute atomic E-state index is 13.2. The van der Waals surface area contributed by atoms with E-state index >= 15 is 0 Å². The van der Waals surface area contributed by atoms with E-state index in [4.69, 9.17) is 25.7 Å². The van der Waals surface area contributed by atoms with Gasteiger partial charge in [0.25, 0.3) is 0 Å². The molecule has 2 aromatic heterocycles. The van der Waals surface area contributed by atoms with E-state index in [2.05, 4.69) is 45.4 Å². The average Bonchev–Trinajstić information content (AvgIpc) is 3.50. The van der Waals surface area contributed by atoms with Crippen molar-refractivity contribution in [1.82, 2.24) is 9.55 Å². The quantitative estimate of drug-likeness (QED) is 0.114. The summed E-state index contributed by atoms with van der Waals surface area (Å²) in [5.41, 5.74) is 3.36.